The number of carbonyl (C=O) groups is 1. The van der Waals surface area contributed by atoms with Crippen LogP contribution in [0.1, 0.15) is 30.6 Å². The maximum atomic E-state index is 11.4. The Bertz CT molecular complexity index is 330. The van der Waals surface area contributed by atoms with E-state index in [4.69, 9.17) is 9.47 Å². The van der Waals surface area contributed by atoms with E-state index in [1.807, 2.05) is 26.0 Å². The monoisotopic (exact) mass is 222 g/mol. The van der Waals surface area contributed by atoms with Gasteiger partial charge in [-0.25, -0.2) is 0 Å². The van der Waals surface area contributed by atoms with Crippen molar-refractivity contribution in [2.45, 2.75) is 26.4 Å². The predicted molar refractivity (Wildman–Crippen MR) is 63.0 cm³/mol. The lowest BCUT2D eigenvalue weighted by molar-refractivity contribution is 0.0920. The van der Waals surface area contributed by atoms with Crippen molar-refractivity contribution in [1.82, 2.24) is 0 Å². The van der Waals surface area contributed by atoms with Crippen molar-refractivity contribution < 1.29 is 14.3 Å². The highest BCUT2D eigenvalue weighted by Crippen LogP contribution is 2.15. The van der Waals surface area contributed by atoms with E-state index in [0.29, 0.717) is 13.0 Å². The van der Waals surface area contributed by atoms with Crippen molar-refractivity contribution in [1.29, 1.82) is 0 Å². The Kier molecular flexibility index (Phi) is 4.99. The fourth-order valence-electron chi connectivity index (χ4n) is 1.42. The third-order valence-corrected chi connectivity index (χ3v) is 2.24. The number of hydrogen-bond donors (Lipinski definition) is 0. The zero-order chi connectivity index (χ0) is 12.0. The van der Waals surface area contributed by atoms with Gasteiger partial charge in [0.2, 0.25) is 0 Å². The lowest BCUT2D eigenvalue weighted by atomic mass is 10.1. The van der Waals surface area contributed by atoms with Crippen molar-refractivity contribution in [3.05, 3.63) is 29.8 Å². The van der Waals surface area contributed by atoms with Crippen LogP contribution in [0.25, 0.3) is 0 Å². The summed E-state index contributed by atoms with van der Waals surface area (Å²) in [6.07, 6.45) is 0.540. The molecule has 0 saturated carbocycles. The maximum absolute atomic E-state index is 11.4. The van der Waals surface area contributed by atoms with Gasteiger partial charge in [-0.1, -0.05) is 6.92 Å². The second-order valence-corrected chi connectivity index (χ2v) is 3.68. The highest BCUT2D eigenvalue weighted by atomic mass is 16.5. The molecule has 3 heteroatoms. The van der Waals surface area contributed by atoms with E-state index in [2.05, 4.69) is 0 Å². The summed E-state index contributed by atoms with van der Waals surface area (Å²) in [7, 11) is 1.64. The standard InChI is InChI=1S/C13H18O3/c1-4-13(14)11-5-7-12(8-6-11)16-10(2)9-15-3/h5-8,10H,4,9H2,1-3H3. The molecule has 1 atom stereocenters. The van der Waals surface area contributed by atoms with Gasteiger partial charge in [0.25, 0.3) is 0 Å². The van der Waals surface area contributed by atoms with Crippen LogP contribution in [0, 0.1) is 0 Å². The molecular weight excluding hydrogens is 204 g/mol. The van der Waals surface area contributed by atoms with E-state index < -0.39 is 0 Å². The van der Waals surface area contributed by atoms with Crippen molar-refractivity contribution in [3.63, 3.8) is 0 Å². The molecule has 0 bridgehead atoms. The molecule has 0 fully saturated rings. The minimum Gasteiger partial charge on any atom is -0.488 e. The molecule has 0 aliphatic carbocycles. The first kappa shape index (κ1) is 12.7. The summed E-state index contributed by atoms with van der Waals surface area (Å²) in [5.41, 5.74) is 0.731. The number of methoxy groups -OCH3 is 1. The number of rotatable bonds is 6. The van der Waals surface area contributed by atoms with Gasteiger partial charge >= 0.3 is 0 Å². The molecule has 0 aliphatic heterocycles. The minimum absolute atomic E-state index is 0.0118. The second-order valence-electron chi connectivity index (χ2n) is 3.68. The molecule has 0 aromatic heterocycles. The number of hydrogen-bond acceptors (Lipinski definition) is 3. The lowest BCUT2D eigenvalue weighted by Crippen LogP contribution is -2.17. The zero-order valence-electron chi connectivity index (χ0n) is 10.0. The van der Waals surface area contributed by atoms with Gasteiger partial charge in [0.05, 0.1) is 6.61 Å². The average Bonchev–Trinajstić information content (AvgIpc) is 2.29. The zero-order valence-corrected chi connectivity index (χ0v) is 10.0. The lowest BCUT2D eigenvalue weighted by Gasteiger charge is -2.13. The molecule has 0 amide bonds. The first-order chi connectivity index (χ1) is 7.67. The molecule has 0 N–H and O–H groups in total. The molecule has 1 aromatic rings. The van der Waals surface area contributed by atoms with E-state index >= 15 is 0 Å². The molecule has 0 aliphatic rings. The van der Waals surface area contributed by atoms with Crippen molar-refractivity contribution in [2.24, 2.45) is 0 Å². The van der Waals surface area contributed by atoms with Gasteiger partial charge in [-0.05, 0) is 31.2 Å². The molecule has 0 radical (unpaired) electrons. The molecule has 0 heterocycles. The van der Waals surface area contributed by atoms with Gasteiger partial charge in [0, 0.05) is 19.1 Å². The average molecular weight is 222 g/mol. The largest absolute Gasteiger partial charge is 0.488 e. The van der Waals surface area contributed by atoms with Gasteiger partial charge in [0.15, 0.2) is 5.78 Å². The number of ether oxygens (including phenoxy) is 2. The molecule has 1 aromatic carbocycles. The van der Waals surface area contributed by atoms with Crippen LogP contribution in [0.15, 0.2) is 24.3 Å². The van der Waals surface area contributed by atoms with Gasteiger partial charge in [-0.15, -0.1) is 0 Å². The Morgan fingerprint density at radius 2 is 1.94 bits per heavy atom. The number of benzene rings is 1. The topological polar surface area (TPSA) is 35.5 Å². The fourth-order valence-corrected chi connectivity index (χ4v) is 1.42. The van der Waals surface area contributed by atoms with Crippen LogP contribution < -0.4 is 4.74 Å². The van der Waals surface area contributed by atoms with Gasteiger partial charge < -0.3 is 9.47 Å². The smallest absolute Gasteiger partial charge is 0.162 e. The first-order valence-electron chi connectivity index (χ1n) is 5.46. The summed E-state index contributed by atoms with van der Waals surface area (Å²) in [6, 6.07) is 7.21. The molecule has 0 spiro atoms. The van der Waals surface area contributed by atoms with Gasteiger partial charge in [-0.2, -0.15) is 0 Å². The molecule has 1 rings (SSSR count). The van der Waals surface area contributed by atoms with Crippen molar-refractivity contribution in [3.8, 4) is 5.75 Å². The molecule has 0 saturated heterocycles. The van der Waals surface area contributed by atoms with E-state index in [1.165, 1.54) is 0 Å². The molecule has 1 unspecified atom stereocenters. The molecule has 3 nitrogen and oxygen atoms in total. The van der Waals surface area contributed by atoms with E-state index in [-0.39, 0.29) is 11.9 Å². The number of Topliss-reactive ketones (excluding diaryl/α,β-unsaturated/α-hetero) is 1. The molecular formula is C13H18O3. The quantitative estimate of drug-likeness (QED) is 0.694. The second kappa shape index (κ2) is 6.28. The normalized spacial score (nSPS) is 12.2. The van der Waals surface area contributed by atoms with Crippen LogP contribution in [0.3, 0.4) is 0 Å². The number of carbonyl (C=O) groups excluding carboxylic acids is 1. The van der Waals surface area contributed by atoms with Crippen LogP contribution in [0.5, 0.6) is 5.75 Å². The fraction of sp³-hybridized carbons (Fsp3) is 0.462. The van der Waals surface area contributed by atoms with E-state index in [9.17, 15) is 4.79 Å². The Hall–Kier alpha value is -1.35. The Labute approximate surface area is 96.4 Å². The number of ketones is 1. The summed E-state index contributed by atoms with van der Waals surface area (Å²) in [5, 5.41) is 0. The molecule has 16 heavy (non-hydrogen) atoms. The summed E-state index contributed by atoms with van der Waals surface area (Å²) >= 11 is 0. The van der Waals surface area contributed by atoms with Crippen LogP contribution in [0.2, 0.25) is 0 Å². The van der Waals surface area contributed by atoms with Gasteiger partial charge in [0.1, 0.15) is 11.9 Å². The maximum Gasteiger partial charge on any atom is 0.162 e. The van der Waals surface area contributed by atoms with Crippen molar-refractivity contribution >= 4 is 5.78 Å². The Morgan fingerprint density at radius 1 is 1.31 bits per heavy atom. The SMILES string of the molecule is CCC(=O)c1ccc(OC(C)COC)cc1. The third-order valence-electron chi connectivity index (χ3n) is 2.24. The Balaban J connectivity index is 2.61. The van der Waals surface area contributed by atoms with E-state index in [1.54, 1.807) is 19.2 Å². The van der Waals surface area contributed by atoms with Crippen LogP contribution in [0.4, 0.5) is 0 Å². The van der Waals surface area contributed by atoms with Crippen LogP contribution in [-0.2, 0) is 4.74 Å². The van der Waals surface area contributed by atoms with Crippen LogP contribution in [-0.4, -0.2) is 25.6 Å². The Morgan fingerprint density at radius 3 is 2.44 bits per heavy atom. The van der Waals surface area contributed by atoms with Crippen molar-refractivity contribution in [2.75, 3.05) is 13.7 Å². The first-order valence-corrected chi connectivity index (χ1v) is 5.46. The summed E-state index contributed by atoms with van der Waals surface area (Å²) < 4.78 is 10.6. The summed E-state index contributed by atoms with van der Waals surface area (Å²) in [4.78, 5) is 11.4. The minimum atomic E-state index is 0.0118. The summed E-state index contributed by atoms with van der Waals surface area (Å²) in [6.45, 7) is 4.34. The summed E-state index contributed by atoms with van der Waals surface area (Å²) in [5.74, 6) is 0.911. The van der Waals surface area contributed by atoms with E-state index in [0.717, 1.165) is 11.3 Å². The van der Waals surface area contributed by atoms with Gasteiger partial charge in [-0.3, -0.25) is 4.79 Å². The van der Waals surface area contributed by atoms with Crippen LogP contribution >= 0.6 is 0 Å². The molecule has 88 valence electrons. The highest BCUT2D eigenvalue weighted by Gasteiger charge is 2.05. The highest BCUT2D eigenvalue weighted by molar-refractivity contribution is 5.95. The third kappa shape index (κ3) is 3.66. The predicted octanol–water partition coefficient (Wildman–Crippen LogP) is 2.69.